The number of imidazole rings is 1. The quantitative estimate of drug-likeness (QED) is 0.740. The zero-order valence-corrected chi connectivity index (χ0v) is 13.2. The largest absolute Gasteiger partial charge is 0.347 e. The number of aryl methyl sites for hydroxylation is 1. The Balaban J connectivity index is 1.51. The van der Waals surface area contributed by atoms with E-state index < -0.39 is 0 Å². The van der Waals surface area contributed by atoms with E-state index in [1.807, 2.05) is 30.9 Å². The zero-order chi connectivity index (χ0) is 14.4. The Morgan fingerprint density at radius 1 is 1.38 bits per heavy atom. The van der Waals surface area contributed by atoms with Crippen molar-refractivity contribution in [3.05, 3.63) is 41.4 Å². The number of halogens is 1. The van der Waals surface area contributed by atoms with Gasteiger partial charge in [-0.15, -0.1) is 0 Å². The van der Waals surface area contributed by atoms with Gasteiger partial charge in [-0.05, 0) is 18.6 Å². The van der Waals surface area contributed by atoms with Gasteiger partial charge in [0.1, 0.15) is 0 Å². The van der Waals surface area contributed by atoms with E-state index in [-0.39, 0.29) is 0 Å². The predicted molar refractivity (Wildman–Crippen MR) is 87.3 cm³/mol. The summed E-state index contributed by atoms with van der Waals surface area (Å²) in [7, 11) is 0. The van der Waals surface area contributed by atoms with Crippen LogP contribution < -0.4 is 4.90 Å². The maximum atomic E-state index is 6.27. The molecule has 6 heteroatoms. The zero-order valence-electron chi connectivity index (χ0n) is 11.7. The fourth-order valence-corrected chi connectivity index (χ4v) is 4.10. The molecule has 4 nitrogen and oxygen atoms in total. The molecule has 0 bridgehead atoms. The summed E-state index contributed by atoms with van der Waals surface area (Å²) in [6, 6.07) is 3.99. The Hall–Kier alpha value is -1.59. The van der Waals surface area contributed by atoms with Crippen LogP contribution in [0.15, 0.2) is 30.9 Å². The van der Waals surface area contributed by atoms with Gasteiger partial charge in [0.2, 0.25) is 0 Å². The summed E-state index contributed by atoms with van der Waals surface area (Å²) in [4.78, 5) is 11.2. The van der Waals surface area contributed by atoms with Crippen LogP contribution in [0.4, 0.5) is 5.13 Å². The van der Waals surface area contributed by atoms with Gasteiger partial charge in [-0.2, -0.15) is 0 Å². The summed E-state index contributed by atoms with van der Waals surface area (Å²) in [5.41, 5.74) is 2.23. The van der Waals surface area contributed by atoms with E-state index in [2.05, 4.69) is 21.4 Å². The lowest BCUT2D eigenvalue weighted by Crippen LogP contribution is -2.48. The summed E-state index contributed by atoms with van der Waals surface area (Å²) in [5.74, 6) is 0.669. The van der Waals surface area contributed by atoms with Crippen molar-refractivity contribution in [3.8, 4) is 0 Å². The average molecular weight is 319 g/mol. The first-order chi connectivity index (χ1) is 10.2. The van der Waals surface area contributed by atoms with E-state index in [4.69, 9.17) is 16.6 Å². The Labute approximate surface area is 132 Å². The van der Waals surface area contributed by atoms with E-state index in [9.17, 15) is 0 Å². The molecule has 0 unspecified atom stereocenters. The van der Waals surface area contributed by atoms with Crippen molar-refractivity contribution in [3.63, 3.8) is 0 Å². The summed E-state index contributed by atoms with van der Waals surface area (Å²) in [6.45, 7) is 5.21. The molecule has 0 aliphatic carbocycles. The van der Waals surface area contributed by atoms with Crippen molar-refractivity contribution in [2.45, 2.75) is 13.5 Å². The fourth-order valence-electron chi connectivity index (χ4n) is 2.76. The van der Waals surface area contributed by atoms with Crippen molar-refractivity contribution < 1.29 is 0 Å². The van der Waals surface area contributed by atoms with Gasteiger partial charge in [-0.1, -0.05) is 29.0 Å². The molecule has 1 fully saturated rings. The minimum Gasteiger partial charge on any atom is -0.347 e. The molecule has 0 N–H and O–H groups in total. The molecule has 0 radical (unpaired) electrons. The molecule has 3 aromatic rings. The second-order valence-corrected chi connectivity index (χ2v) is 6.95. The second-order valence-electron chi connectivity index (χ2n) is 5.57. The summed E-state index contributed by atoms with van der Waals surface area (Å²) in [5, 5.41) is 1.89. The first-order valence-corrected chi connectivity index (χ1v) is 8.16. The maximum Gasteiger partial charge on any atom is 0.186 e. The SMILES string of the molecule is Cc1ccc(Cl)c2sc(N3CC(Cn4ccnc4)C3)nc12. The Bertz CT molecular complexity index is 735. The Kier molecular flexibility index (Phi) is 3.12. The highest BCUT2D eigenvalue weighted by atomic mass is 35.5. The highest BCUT2D eigenvalue weighted by Gasteiger charge is 2.29. The molecule has 0 spiro atoms. The van der Waals surface area contributed by atoms with Crippen LogP contribution in [0.2, 0.25) is 5.02 Å². The molecular formula is C15H15ClN4S. The van der Waals surface area contributed by atoms with Crippen LogP contribution in [0.25, 0.3) is 10.2 Å². The molecule has 3 heterocycles. The van der Waals surface area contributed by atoms with Gasteiger partial charge in [-0.25, -0.2) is 9.97 Å². The number of benzene rings is 1. The first-order valence-electron chi connectivity index (χ1n) is 6.97. The molecule has 1 aromatic carbocycles. The van der Waals surface area contributed by atoms with Gasteiger partial charge in [0.25, 0.3) is 0 Å². The van der Waals surface area contributed by atoms with Crippen LogP contribution in [0.1, 0.15) is 5.56 Å². The number of aromatic nitrogens is 3. The smallest absolute Gasteiger partial charge is 0.186 e. The third-order valence-corrected chi connectivity index (χ3v) is 5.52. The van der Waals surface area contributed by atoms with Crippen molar-refractivity contribution in [1.82, 2.24) is 14.5 Å². The number of fused-ring (bicyclic) bond motifs is 1. The molecule has 0 saturated carbocycles. The topological polar surface area (TPSA) is 34.0 Å². The molecule has 0 amide bonds. The van der Waals surface area contributed by atoms with Gasteiger partial charge >= 0.3 is 0 Å². The predicted octanol–water partition coefficient (Wildman–Crippen LogP) is 3.59. The van der Waals surface area contributed by atoms with Crippen LogP contribution in [-0.4, -0.2) is 27.6 Å². The van der Waals surface area contributed by atoms with Gasteiger partial charge in [0, 0.05) is 37.9 Å². The number of anilines is 1. The van der Waals surface area contributed by atoms with Crippen LogP contribution in [-0.2, 0) is 6.54 Å². The lowest BCUT2D eigenvalue weighted by Gasteiger charge is -2.39. The van der Waals surface area contributed by atoms with Crippen LogP contribution >= 0.6 is 22.9 Å². The molecule has 0 atom stereocenters. The van der Waals surface area contributed by atoms with Crippen molar-refractivity contribution in [2.24, 2.45) is 5.92 Å². The van der Waals surface area contributed by atoms with E-state index in [0.29, 0.717) is 5.92 Å². The second kappa shape index (κ2) is 5.00. The van der Waals surface area contributed by atoms with Crippen molar-refractivity contribution in [2.75, 3.05) is 18.0 Å². The number of rotatable bonds is 3. The van der Waals surface area contributed by atoms with Gasteiger partial charge in [0.15, 0.2) is 5.13 Å². The maximum absolute atomic E-state index is 6.27. The van der Waals surface area contributed by atoms with Crippen LogP contribution in [0, 0.1) is 12.8 Å². The molecule has 2 aromatic heterocycles. The van der Waals surface area contributed by atoms with E-state index in [0.717, 1.165) is 40.0 Å². The number of hydrogen-bond donors (Lipinski definition) is 0. The highest BCUT2D eigenvalue weighted by molar-refractivity contribution is 7.22. The normalized spacial score (nSPS) is 15.6. The standard InChI is InChI=1S/C15H15ClN4S/c1-10-2-3-12(16)14-13(10)18-15(21-14)20-7-11(8-20)6-19-5-4-17-9-19/h2-5,9,11H,6-8H2,1H3. The monoisotopic (exact) mass is 318 g/mol. The third-order valence-electron chi connectivity index (χ3n) is 3.94. The summed E-state index contributed by atoms with van der Waals surface area (Å²) < 4.78 is 3.24. The van der Waals surface area contributed by atoms with Crippen molar-refractivity contribution >= 4 is 38.3 Å². The van der Waals surface area contributed by atoms with E-state index >= 15 is 0 Å². The van der Waals surface area contributed by atoms with Gasteiger partial charge < -0.3 is 9.47 Å². The first kappa shape index (κ1) is 13.1. The minimum absolute atomic E-state index is 0.669. The molecule has 1 aliphatic heterocycles. The highest BCUT2D eigenvalue weighted by Crippen LogP contribution is 2.37. The lowest BCUT2D eigenvalue weighted by atomic mass is 10.0. The third kappa shape index (κ3) is 2.30. The summed E-state index contributed by atoms with van der Waals surface area (Å²) in [6.07, 6.45) is 5.72. The molecule has 4 rings (SSSR count). The average Bonchev–Trinajstić information content (AvgIpc) is 3.07. The molecule has 108 valence electrons. The molecular weight excluding hydrogens is 304 g/mol. The molecule has 1 saturated heterocycles. The fraction of sp³-hybridized carbons (Fsp3) is 0.333. The number of hydrogen-bond acceptors (Lipinski definition) is 4. The number of thiazole rings is 1. The van der Waals surface area contributed by atoms with Gasteiger partial charge in [-0.3, -0.25) is 0 Å². The summed E-state index contributed by atoms with van der Waals surface area (Å²) >= 11 is 7.97. The number of nitrogens with zero attached hydrogens (tertiary/aromatic N) is 4. The lowest BCUT2D eigenvalue weighted by molar-refractivity contribution is 0.357. The Morgan fingerprint density at radius 2 is 2.24 bits per heavy atom. The van der Waals surface area contributed by atoms with E-state index in [1.54, 1.807) is 11.3 Å². The molecule has 21 heavy (non-hydrogen) atoms. The minimum atomic E-state index is 0.669. The van der Waals surface area contributed by atoms with Gasteiger partial charge in [0.05, 0.1) is 21.6 Å². The van der Waals surface area contributed by atoms with E-state index in [1.165, 1.54) is 5.56 Å². The van der Waals surface area contributed by atoms with Crippen molar-refractivity contribution in [1.29, 1.82) is 0 Å². The van der Waals surface area contributed by atoms with Crippen LogP contribution in [0.5, 0.6) is 0 Å². The molecule has 1 aliphatic rings. The Morgan fingerprint density at radius 3 is 2.95 bits per heavy atom. The van der Waals surface area contributed by atoms with Crippen LogP contribution in [0.3, 0.4) is 0 Å².